The molecule has 0 unspecified atom stereocenters. The third-order valence-electron chi connectivity index (χ3n) is 2.18. The van der Waals surface area contributed by atoms with Crippen LogP contribution in [0, 0.1) is 6.92 Å². The highest BCUT2D eigenvalue weighted by molar-refractivity contribution is 5.41. The number of aryl methyl sites for hydroxylation is 1. The molecule has 1 saturated heterocycles. The Balaban J connectivity index is 2.18. The van der Waals surface area contributed by atoms with Crippen molar-refractivity contribution in [3.63, 3.8) is 0 Å². The summed E-state index contributed by atoms with van der Waals surface area (Å²) in [7, 11) is 0. The Morgan fingerprint density at radius 1 is 1.38 bits per heavy atom. The second-order valence-electron chi connectivity index (χ2n) is 3.11. The number of nitrogens with one attached hydrogen (secondary N) is 1. The molecule has 1 aromatic heterocycles. The van der Waals surface area contributed by atoms with Gasteiger partial charge in [0.25, 0.3) is 0 Å². The van der Waals surface area contributed by atoms with Gasteiger partial charge in [0, 0.05) is 26.2 Å². The number of hydrogen-bond donors (Lipinski definition) is 1. The topological polar surface area (TPSA) is 53.9 Å². The first-order chi connectivity index (χ1) is 6.38. The molecule has 0 bridgehead atoms. The zero-order valence-electron chi connectivity index (χ0n) is 7.69. The van der Waals surface area contributed by atoms with E-state index in [0.29, 0.717) is 0 Å². The van der Waals surface area contributed by atoms with Crippen molar-refractivity contribution in [3.8, 4) is 0 Å². The van der Waals surface area contributed by atoms with Gasteiger partial charge in [0.1, 0.15) is 12.0 Å². The fraction of sp³-hybridized carbons (Fsp3) is 0.625. The van der Waals surface area contributed by atoms with Crippen LogP contribution in [0.25, 0.3) is 0 Å². The highest BCUT2D eigenvalue weighted by atomic mass is 15.3. The molecule has 2 heterocycles. The van der Waals surface area contributed by atoms with E-state index in [1.807, 2.05) is 6.92 Å². The molecule has 2 rings (SSSR count). The van der Waals surface area contributed by atoms with E-state index in [1.54, 1.807) is 0 Å². The number of piperazine rings is 1. The van der Waals surface area contributed by atoms with Crippen LogP contribution < -0.4 is 10.2 Å². The Bertz CT molecular complexity index is 282. The molecule has 70 valence electrons. The quantitative estimate of drug-likeness (QED) is 0.635. The summed E-state index contributed by atoms with van der Waals surface area (Å²) in [5, 5.41) is 11.0. The van der Waals surface area contributed by atoms with Crippen molar-refractivity contribution in [1.29, 1.82) is 0 Å². The van der Waals surface area contributed by atoms with Crippen molar-refractivity contribution >= 4 is 5.82 Å². The SMILES string of the molecule is Cc1nncnc1N1CCNCC1. The smallest absolute Gasteiger partial charge is 0.153 e. The molecule has 0 aliphatic carbocycles. The molecule has 0 amide bonds. The monoisotopic (exact) mass is 179 g/mol. The molecule has 0 radical (unpaired) electrons. The average molecular weight is 179 g/mol. The maximum absolute atomic E-state index is 4.23. The normalized spacial score (nSPS) is 17.5. The molecule has 1 fully saturated rings. The van der Waals surface area contributed by atoms with Crippen molar-refractivity contribution in [2.24, 2.45) is 0 Å². The van der Waals surface area contributed by atoms with Gasteiger partial charge in [-0.3, -0.25) is 0 Å². The number of nitrogens with zero attached hydrogens (tertiary/aromatic N) is 4. The minimum absolute atomic E-state index is 0.907. The molecule has 1 aromatic rings. The van der Waals surface area contributed by atoms with Gasteiger partial charge in [0.2, 0.25) is 0 Å². The summed E-state index contributed by atoms with van der Waals surface area (Å²) in [6, 6.07) is 0. The van der Waals surface area contributed by atoms with Gasteiger partial charge in [-0.2, -0.15) is 5.10 Å². The van der Waals surface area contributed by atoms with Gasteiger partial charge in [-0.15, -0.1) is 5.10 Å². The highest BCUT2D eigenvalue weighted by Gasteiger charge is 2.13. The number of anilines is 1. The maximum Gasteiger partial charge on any atom is 0.153 e. The van der Waals surface area contributed by atoms with Gasteiger partial charge >= 0.3 is 0 Å². The zero-order chi connectivity index (χ0) is 9.10. The van der Waals surface area contributed by atoms with Crippen molar-refractivity contribution < 1.29 is 0 Å². The van der Waals surface area contributed by atoms with Crippen LogP contribution >= 0.6 is 0 Å². The number of aromatic nitrogens is 3. The summed E-state index contributed by atoms with van der Waals surface area (Å²) >= 11 is 0. The van der Waals surface area contributed by atoms with E-state index in [0.717, 1.165) is 37.7 Å². The van der Waals surface area contributed by atoms with E-state index in [-0.39, 0.29) is 0 Å². The van der Waals surface area contributed by atoms with E-state index in [2.05, 4.69) is 25.4 Å². The third-order valence-corrected chi connectivity index (χ3v) is 2.18. The van der Waals surface area contributed by atoms with Crippen molar-refractivity contribution in [3.05, 3.63) is 12.0 Å². The predicted octanol–water partition coefficient (Wildman–Crippen LogP) is -0.410. The van der Waals surface area contributed by atoms with Crippen molar-refractivity contribution in [2.75, 3.05) is 31.1 Å². The van der Waals surface area contributed by atoms with Crippen LogP contribution in [0.5, 0.6) is 0 Å². The van der Waals surface area contributed by atoms with Gasteiger partial charge < -0.3 is 10.2 Å². The molecule has 0 spiro atoms. The minimum Gasteiger partial charge on any atom is -0.352 e. The lowest BCUT2D eigenvalue weighted by molar-refractivity contribution is 0.581. The fourth-order valence-corrected chi connectivity index (χ4v) is 1.52. The molecule has 0 aromatic carbocycles. The molecule has 1 aliphatic heterocycles. The van der Waals surface area contributed by atoms with E-state index in [4.69, 9.17) is 0 Å². The molecular weight excluding hydrogens is 166 g/mol. The van der Waals surface area contributed by atoms with E-state index < -0.39 is 0 Å². The number of rotatable bonds is 1. The second-order valence-corrected chi connectivity index (χ2v) is 3.11. The molecule has 0 saturated carbocycles. The Morgan fingerprint density at radius 3 is 2.85 bits per heavy atom. The van der Waals surface area contributed by atoms with Crippen LogP contribution in [-0.4, -0.2) is 41.4 Å². The van der Waals surface area contributed by atoms with Gasteiger partial charge in [0.05, 0.1) is 0 Å². The van der Waals surface area contributed by atoms with E-state index in [9.17, 15) is 0 Å². The van der Waals surface area contributed by atoms with Crippen molar-refractivity contribution in [1.82, 2.24) is 20.5 Å². The van der Waals surface area contributed by atoms with Crippen LogP contribution in [0.4, 0.5) is 5.82 Å². The highest BCUT2D eigenvalue weighted by Crippen LogP contribution is 2.12. The predicted molar refractivity (Wildman–Crippen MR) is 49.6 cm³/mol. The van der Waals surface area contributed by atoms with E-state index >= 15 is 0 Å². The first-order valence-electron chi connectivity index (χ1n) is 4.48. The molecular formula is C8H13N5. The first-order valence-corrected chi connectivity index (χ1v) is 4.48. The maximum atomic E-state index is 4.23. The average Bonchev–Trinajstić information content (AvgIpc) is 2.20. The largest absolute Gasteiger partial charge is 0.352 e. The molecule has 1 N–H and O–H groups in total. The Kier molecular flexibility index (Phi) is 2.35. The van der Waals surface area contributed by atoms with E-state index in [1.165, 1.54) is 6.33 Å². The Morgan fingerprint density at radius 2 is 2.15 bits per heavy atom. The number of hydrogen-bond acceptors (Lipinski definition) is 5. The lowest BCUT2D eigenvalue weighted by Gasteiger charge is -2.28. The van der Waals surface area contributed by atoms with Gasteiger partial charge in [-0.1, -0.05) is 0 Å². The summed E-state index contributed by atoms with van der Waals surface area (Å²) in [4.78, 5) is 6.46. The fourth-order valence-electron chi connectivity index (χ4n) is 1.52. The first kappa shape index (κ1) is 8.37. The molecule has 0 atom stereocenters. The molecule has 1 aliphatic rings. The Hall–Kier alpha value is -1.23. The van der Waals surface area contributed by atoms with Gasteiger partial charge in [0.15, 0.2) is 5.82 Å². The van der Waals surface area contributed by atoms with Crippen LogP contribution in [0.1, 0.15) is 5.69 Å². The summed E-state index contributed by atoms with van der Waals surface area (Å²) in [5.41, 5.74) is 0.907. The van der Waals surface area contributed by atoms with Crippen LogP contribution in [0.15, 0.2) is 6.33 Å². The summed E-state index contributed by atoms with van der Waals surface area (Å²) < 4.78 is 0. The van der Waals surface area contributed by atoms with Crippen LogP contribution in [-0.2, 0) is 0 Å². The Labute approximate surface area is 77.2 Å². The summed E-state index contributed by atoms with van der Waals surface area (Å²) in [6.07, 6.45) is 1.50. The van der Waals surface area contributed by atoms with Crippen LogP contribution in [0.3, 0.4) is 0 Å². The van der Waals surface area contributed by atoms with Crippen molar-refractivity contribution in [2.45, 2.75) is 6.92 Å². The molecule has 5 heteroatoms. The van der Waals surface area contributed by atoms with Gasteiger partial charge in [-0.25, -0.2) is 4.98 Å². The zero-order valence-corrected chi connectivity index (χ0v) is 7.69. The van der Waals surface area contributed by atoms with Crippen LogP contribution in [0.2, 0.25) is 0 Å². The molecule has 13 heavy (non-hydrogen) atoms. The summed E-state index contributed by atoms with van der Waals surface area (Å²) in [6.45, 7) is 5.98. The molecule has 5 nitrogen and oxygen atoms in total. The lowest BCUT2D eigenvalue weighted by atomic mass is 10.3. The lowest BCUT2D eigenvalue weighted by Crippen LogP contribution is -2.44. The standard InChI is InChI=1S/C8H13N5/c1-7-8(10-6-11-12-7)13-4-2-9-3-5-13/h6,9H,2-5H2,1H3. The minimum atomic E-state index is 0.907. The summed E-state index contributed by atoms with van der Waals surface area (Å²) in [5.74, 6) is 0.969. The second kappa shape index (κ2) is 3.66. The third kappa shape index (κ3) is 1.75. The van der Waals surface area contributed by atoms with Gasteiger partial charge in [-0.05, 0) is 6.92 Å².